The lowest BCUT2D eigenvalue weighted by Crippen LogP contribution is -3.06. The second-order valence-electron chi connectivity index (χ2n) is 4.88. The van der Waals surface area contributed by atoms with Crippen molar-refractivity contribution in [2.75, 3.05) is 24.8 Å². The fraction of sp³-hybridized carbons (Fsp3) is 0.857. The molecule has 2 nitrogen and oxygen atoms in total. The average Bonchev–Trinajstić information content (AvgIpc) is 2.80. The van der Waals surface area contributed by atoms with E-state index in [0.717, 1.165) is 0 Å². The molecule has 1 aliphatic heterocycles. The van der Waals surface area contributed by atoms with Crippen LogP contribution in [0, 0.1) is 0 Å². The minimum atomic E-state index is 0. The molecule has 1 rings (SSSR count). The molecule has 1 atom stereocenters. The molecule has 0 aromatic rings. The minimum absolute atomic E-state index is 0. The fourth-order valence-corrected chi connectivity index (χ4v) is 3.01. The molecular weight excluding hydrogens is 264 g/mol. The molecule has 0 amide bonds. The zero-order valence-electron chi connectivity index (χ0n) is 12.0. The number of quaternary nitrogens is 1. The number of hydrogen-bond acceptors (Lipinski definition) is 2. The van der Waals surface area contributed by atoms with Crippen LogP contribution in [0.2, 0.25) is 0 Å². The Morgan fingerprint density at radius 2 is 1.83 bits per heavy atom. The van der Waals surface area contributed by atoms with Crippen LogP contribution in [0.4, 0.5) is 0 Å². The molecule has 0 spiro atoms. The Bertz CT molecular complexity index is 212. The standard InChI is InChI=1S/C14H28N2S.ClH/c1-3-5-6-7-8-9-12-17-14-16-11-10-15(4-2)13-16;/h10-11H,3-9,12-14H2,1-2H3;1H. The second-order valence-corrected chi connectivity index (χ2v) is 5.95. The van der Waals surface area contributed by atoms with Gasteiger partial charge in [-0.1, -0.05) is 39.0 Å². The Balaban J connectivity index is 0.00000289. The van der Waals surface area contributed by atoms with Crippen molar-refractivity contribution in [1.82, 2.24) is 4.90 Å². The number of thioether (sulfide) groups is 1. The van der Waals surface area contributed by atoms with E-state index in [4.69, 9.17) is 0 Å². The first-order valence-electron chi connectivity index (χ1n) is 7.21. The Morgan fingerprint density at radius 3 is 2.50 bits per heavy atom. The molecule has 108 valence electrons. The predicted octanol–water partition coefficient (Wildman–Crippen LogP) is -0.309. The van der Waals surface area contributed by atoms with Crippen LogP contribution >= 0.6 is 11.8 Å². The average molecular weight is 293 g/mol. The highest BCUT2D eigenvalue weighted by Crippen LogP contribution is 2.11. The van der Waals surface area contributed by atoms with Crippen molar-refractivity contribution >= 4 is 11.8 Å². The lowest BCUT2D eigenvalue weighted by atomic mass is 10.1. The summed E-state index contributed by atoms with van der Waals surface area (Å²) < 4.78 is 0. The van der Waals surface area contributed by atoms with Gasteiger partial charge < -0.3 is 17.3 Å². The van der Waals surface area contributed by atoms with E-state index in [-0.39, 0.29) is 12.4 Å². The summed E-state index contributed by atoms with van der Waals surface area (Å²) in [6.45, 7) is 6.89. The van der Waals surface area contributed by atoms with E-state index >= 15 is 0 Å². The van der Waals surface area contributed by atoms with Crippen molar-refractivity contribution in [2.45, 2.75) is 52.4 Å². The third kappa shape index (κ3) is 8.28. The van der Waals surface area contributed by atoms with Crippen LogP contribution < -0.4 is 17.3 Å². The monoisotopic (exact) mass is 292 g/mol. The first-order valence-corrected chi connectivity index (χ1v) is 8.37. The normalized spacial score (nSPS) is 18.1. The maximum Gasteiger partial charge on any atom is 0.157 e. The summed E-state index contributed by atoms with van der Waals surface area (Å²) in [6.07, 6.45) is 13.0. The Labute approximate surface area is 124 Å². The van der Waals surface area contributed by atoms with Gasteiger partial charge in [-0.05, 0) is 19.1 Å². The third-order valence-corrected chi connectivity index (χ3v) is 4.37. The second kappa shape index (κ2) is 12.2. The van der Waals surface area contributed by atoms with Gasteiger partial charge in [0.2, 0.25) is 0 Å². The van der Waals surface area contributed by atoms with E-state index in [1.165, 1.54) is 63.4 Å². The van der Waals surface area contributed by atoms with Crippen molar-refractivity contribution in [3.05, 3.63) is 12.4 Å². The van der Waals surface area contributed by atoms with Gasteiger partial charge in [-0.3, -0.25) is 4.90 Å². The number of rotatable bonds is 10. The van der Waals surface area contributed by atoms with Gasteiger partial charge in [0.25, 0.3) is 0 Å². The molecule has 1 aliphatic rings. The van der Waals surface area contributed by atoms with E-state index in [2.05, 4.69) is 42.9 Å². The van der Waals surface area contributed by atoms with Crippen LogP contribution in [0.1, 0.15) is 52.4 Å². The van der Waals surface area contributed by atoms with Gasteiger partial charge in [0.15, 0.2) is 6.67 Å². The summed E-state index contributed by atoms with van der Waals surface area (Å²) in [4.78, 5) is 4.01. The molecule has 0 bridgehead atoms. The van der Waals surface area contributed by atoms with Crippen LogP contribution in [0.3, 0.4) is 0 Å². The number of nitrogens with zero attached hydrogens (tertiary/aromatic N) is 1. The Hall–Kier alpha value is 0.140. The van der Waals surface area contributed by atoms with E-state index < -0.39 is 0 Å². The quantitative estimate of drug-likeness (QED) is 0.553. The Morgan fingerprint density at radius 1 is 1.11 bits per heavy atom. The molecule has 0 aliphatic carbocycles. The molecule has 1 N–H and O–H groups in total. The van der Waals surface area contributed by atoms with Gasteiger partial charge in [-0.2, -0.15) is 0 Å². The van der Waals surface area contributed by atoms with Crippen molar-refractivity contribution in [3.8, 4) is 0 Å². The predicted molar refractivity (Wildman–Crippen MR) is 78.1 cm³/mol. The number of nitrogens with one attached hydrogen (secondary N) is 1. The summed E-state index contributed by atoms with van der Waals surface area (Å²) >= 11 is 2.09. The zero-order valence-corrected chi connectivity index (χ0v) is 13.5. The van der Waals surface area contributed by atoms with Gasteiger partial charge in [0.05, 0.1) is 18.6 Å². The fourth-order valence-electron chi connectivity index (χ4n) is 2.06. The summed E-state index contributed by atoms with van der Waals surface area (Å²) in [5.74, 6) is 2.51. The molecular formula is C14H29ClN2S. The SMILES string of the molecule is CCCCCCCCSCN1C=C[NH+](CC)C1.[Cl-]. The molecule has 0 aromatic carbocycles. The first-order chi connectivity index (χ1) is 8.36. The van der Waals surface area contributed by atoms with Crippen molar-refractivity contribution in [3.63, 3.8) is 0 Å². The van der Waals surface area contributed by atoms with Crippen LogP contribution in [-0.2, 0) is 0 Å². The minimum Gasteiger partial charge on any atom is -1.00 e. The topological polar surface area (TPSA) is 7.68 Å². The Kier molecular flexibility index (Phi) is 12.3. The van der Waals surface area contributed by atoms with Crippen LogP contribution in [0.15, 0.2) is 12.4 Å². The van der Waals surface area contributed by atoms with Gasteiger partial charge in [-0.25, -0.2) is 0 Å². The zero-order chi connectivity index (χ0) is 12.3. The van der Waals surface area contributed by atoms with E-state index in [9.17, 15) is 0 Å². The summed E-state index contributed by atoms with van der Waals surface area (Å²) in [7, 11) is 0. The molecule has 0 saturated carbocycles. The molecule has 4 heteroatoms. The number of halogens is 1. The first kappa shape index (κ1) is 18.1. The van der Waals surface area contributed by atoms with Crippen molar-refractivity contribution in [2.24, 2.45) is 0 Å². The lowest BCUT2D eigenvalue weighted by molar-refractivity contribution is -0.846. The van der Waals surface area contributed by atoms with Crippen LogP contribution in [-0.4, -0.2) is 29.7 Å². The molecule has 1 unspecified atom stereocenters. The molecule has 0 saturated heterocycles. The van der Waals surface area contributed by atoms with E-state index in [1.807, 2.05) is 0 Å². The van der Waals surface area contributed by atoms with Gasteiger partial charge in [-0.15, -0.1) is 11.8 Å². The summed E-state index contributed by atoms with van der Waals surface area (Å²) in [6, 6.07) is 0. The molecule has 18 heavy (non-hydrogen) atoms. The van der Waals surface area contributed by atoms with E-state index in [0.29, 0.717) is 0 Å². The van der Waals surface area contributed by atoms with E-state index in [1.54, 1.807) is 4.90 Å². The van der Waals surface area contributed by atoms with Gasteiger partial charge in [0.1, 0.15) is 6.20 Å². The van der Waals surface area contributed by atoms with Gasteiger partial charge >= 0.3 is 0 Å². The van der Waals surface area contributed by atoms with Crippen LogP contribution in [0.5, 0.6) is 0 Å². The molecule has 0 fully saturated rings. The van der Waals surface area contributed by atoms with Crippen molar-refractivity contribution in [1.29, 1.82) is 0 Å². The highest BCUT2D eigenvalue weighted by atomic mass is 35.5. The van der Waals surface area contributed by atoms with Crippen molar-refractivity contribution < 1.29 is 17.3 Å². The molecule has 0 aromatic heterocycles. The summed E-state index contributed by atoms with van der Waals surface area (Å²) in [5, 5.41) is 0. The third-order valence-electron chi connectivity index (χ3n) is 3.28. The lowest BCUT2D eigenvalue weighted by Gasteiger charge is -2.15. The largest absolute Gasteiger partial charge is 1.00 e. The smallest absolute Gasteiger partial charge is 0.157 e. The maximum absolute atomic E-state index is 2.43. The number of hydrogen-bond donors (Lipinski definition) is 1. The number of unbranched alkanes of at least 4 members (excludes halogenated alkanes) is 5. The highest BCUT2D eigenvalue weighted by Gasteiger charge is 2.13. The molecule has 1 heterocycles. The van der Waals surface area contributed by atoms with Gasteiger partial charge in [0, 0.05) is 0 Å². The highest BCUT2D eigenvalue weighted by molar-refractivity contribution is 7.99. The maximum atomic E-state index is 2.43. The van der Waals surface area contributed by atoms with Crippen LogP contribution in [0.25, 0.3) is 0 Å². The summed E-state index contributed by atoms with van der Waals surface area (Å²) in [5.41, 5.74) is 0. The molecule has 0 radical (unpaired) electrons.